The van der Waals surface area contributed by atoms with Crippen LogP contribution < -0.4 is 11.3 Å². The summed E-state index contributed by atoms with van der Waals surface area (Å²) in [6.45, 7) is 2.15. The molecule has 0 unspecified atom stereocenters. The first-order chi connectivity index (χ1) is 15.5. The highest BCUT2D eigenvalue weighted by Gasteiger charge is 2.19. The summed E-state index contributed by atoms with van der Waals surface area (Å²) in [7, 11) is 0. The van der Waals surface area contributed by atoms with E-state index in [2.05, 4.69) is 30.0 Å². The number of fused-ring (bicyclic) bond motifs is 2. The molecule has 0 aliphatic carbocycles. The molecule has 10 heteroatoms. The maximum atomic E-state index is 14.2. The van der Waals surface area contributed by atoms with Crippen LogP contribution in [0.1, 0.15) is 24.6 Å². The molecule has 160 valence electrons. The van der Waals surface area contributed by atoms with Crippen LogP contribution in [0.4, 0.5) is 10.2 Å². The van der Waals surface area contributed by atoms with E-state index < -0.39 is 0 Å². The Morgan fingerprint density at radius 2 is 1.97 bits per heavy atom. The molecule has 0 saturated heterocycles. The molecule has 1 aromatic carbocycles. The molecule has 5 rings (SSSR count). The van der Waals surface area contributed by atoms with Crippen LogP contribution in [-0.2, 0) is 13.0 Å². The van der Waals surface area contributed by atoms with Crippen molar-refractivity contribution in [3.05, 3.63) is 70.0 Å². The number of aryl methyl sites for hydroxylation is 1. The Balaban J connectivity index is 1.67. The van der Waals surface area contributed by atoms with E-state index in [4.69, 9.17) is 5.73 Å². The lowest BCUT2D eigenvalue weighted by Gasteiger charge is -2.05. The average molecular weight is 430 g/mol. The van der Waals surface area contributed by atoms with Crippen LogP contribution in [0.2, 0.25) is 0 Å². The van der Waals surface area contributed by atoms with E-state index in [-0.39, 0.29) is 35.2 Å². The highest BCUT2D eigenvalue weighted by atomic mass is 19.1. The number of pyridine rings is 1. The van der Waals surface area contributed by atoms with Gasteiger partial charge in [-0.15, -0.1) is 0 Å². The van der Waals surface area contributed by atoms with Crippen molar-refractivity contribution in [1.29, 1.82) is 0 Å². The van der Waals surface area contributed by atoms with Crippen molar-refractivity contribution < 1.29 is 4.39 Å². The molecule has 0 fully saturated rings. The molecule has 0 bridgehead atoms. The van der Waals surface area contributed by atoms with Crippen molar-refractivity contribution in [3.8, 4) is 11.5 Å². The first kappa shape index (κ1) is 19.7. The van der Waals surface area contributed by atoms with Gasteiger partial charge in [-0.1, -0.05) is 31.5 Å². The molecule has 0 radical (unpaired) electrons. The van der Waals surface area contributed by atoms with Crippen LogP contribution in [0.5, 0.6) is 0 Å². The van der Waals surface area contributed by atoms with Crippen molar-refractivity contribution >= 4 is 28.0 Å². The minimum atomic E-state index is -0.327. The molecule has 0 aliphatic heterocycles. The Kier molecular flexibility index (Phi) is 4.81. The molecule has 0 amide bonds. The topological polar surface area (TPSA) is 128 Å². The van der Waals surface area contributed by atoms with Gasteiger partial charge in [0, 0.05) is 11.8 Å². The summed E-state index contributed by atoms with van der Waals surface area (Å²) in [5.74, 6) is 0.0339. The third-order valence-corrected chi connectivity index (χ3v) is 5.14. The van der Waals surface area contributed by atoms with Gasteiger partial charge in [0.25, 0.3) is 5.56 Å². The van der Waals surface area contributed by atoms with Crippen molar-refractivity contribution in [2.24, 2.45) is 0 Å². The van der Waals surface area contributed by atoms with Crippen molar-refractivity contribution in [2.75, 3.05) is 5.73 Å². The van der Waals surface area contributed by atoms with Crippen LogP contribution in [0.3, 0.4) is 0 Å². The number of hydrogen-bond acceptors (Lipinski definition) is 7. The summed E-state index contributed by atoms with van der Waals surface area (Å²) in [5, 5.41) is 5.29. The SMILES string of the molecule is CCCc1nc2c(N)nc(-c3nn(Cc4ccccc4F)c4ncccc34)nc2[nH]c1=O. The number of nitrogen functional groups attached to an aromatic ring is 1. The van der Waals surface area contributed by atoms with Gasteiger partial charge in [-0.2, -0.15) is 5.10 Å². The first-order valence-electron chi connectivity index (χ1n) is 10.2. The van der Waals surface area contributed by atoms with E-state index in [1.165, 1.54) is 6.07 Å². The molecule has 0 aliphatic rings. The van der Waals surface area contributed by atoms with Crippen molar-refractivity contribution in [2.45, 2.75) is 26.3 Å². The summed E-state index contributed by atoms with van der Waals surface area (Å²) >= 11 is 0. The number of benzene rings is 1. The summed E-state index contributed by atoms with van der Waals surface area (Å²) in [6.07, 6.45) is 2.94. The zero-order valence-electron chi connectivity index (χ0n) is 17.2. The Hall–Kier alpha value is -4.21. The fraction of sp³-hybridized carbons (Fsp3) is 0.182. The van der Waals surface area contributed by atoms with Crippen LogP contribution in [-0.4, -0.2) is 34.7 Å². The number of nitrogens with one attached hydrogen (secondary N) is 1. The normalized spacial score (nSPS) is 11.4. The average Bonchev–Trinajstić information content (AvgIpc) is 3.15. The number of halogens is 1. The second kappa shape index (κ2) is 7.80. The number of H-pyrrole nitrogens is 1. The zero-order chi connectivity index (χ0) is 22.2. The van der Waals surface area contributed by atoms with Crippen molar-refractivity contribution in [1.82, 2.24) is 34.7 Å². The Bertz CT molecular complexity index is 1520. The summed E-state index contributed by atoms with van der Waals surface area (Å²) < 4.78 is 15.8. The zero-order valence-corrected chi connectivity index (χ0v) is 17.2. The summed E-state index contributed by atoms with van der Waals surface area (Å²) in [6, 6.07) is 10.1. The molecule has 9 nitrogen and oxygen atoms in total. The fourth-order valence-electron chi connectivity index (χ4n) is 3.62. The largest absolute Gasteiger partial charge is 0.382 e. The predicted octanol–water partition coefficient (Wildman–Crippen LogP) is 2.85. The van der Waals surface area contributed by atoms with E-state index in [1.54, 1.807) is 35.1 Å². The van der Waals surface area contributed by atoms with Crippen LogP contribution in [0, 0.1) is 5.82 Å². The lowest BCUT2D eigenvalue weighted by Crippen LogP contribution is -2.17. The van der Waals surface area contributed by atoms with Gasteiger partial charge in [-0.05, 0) is 24.6 Å². The molecular formula is C22H19FN8O. The summed E-state index contributed by atoms with van der Waals surface area (Å²) in [5.41, 5.74) is 8.29. The predicted molar refractivity (Wildman–Crippen MR) is 118 cm³/mol. The van der Waals surface area contributed by atoms with Gasteiger partial charge in [0.05, 0.1) is 11.9 Å². The Morgan fingerprint density at radius 1 is 1.12 bits per heavy atom. The first-order valence-corrected chi connectivity index (χ1v) is 10.2. The molecule has 32 heavy (non-hydrogen) atoms. The van der Waals surface area contributed by atoms with E-state index in [0.717, 1.165) is 6.42 Å². The second-order valence-electron chi connectivity index (χ2n) is 7.36. The molecule has 0 spiro atoms. The lowest BCUT2D eigenvalue weighted by atomic mass is 10.2. The highest BCUT2D eigenvalue weighted by Crippen LogP contribution is 2.27. The van der Waals surface area contributed by atoms with Gasteiger partial charge in [-0.25, -0.2) is 29.0 Å². The quantitative estimate of drug-likeness (QED) is 0.439. The molecule has 0 saturated carbocycles. The Labute approximate surface area is 181 Å². The fourth-order valence-corrected chi connectivity index (χ4v) is 3.62. The molecule has 3 N–H and O–H groups in total. The second-order valence-corrected chi connectivity index (χ2v) is 7.36. The number of hydrogen-bond donors (Lipinski definition) is 2. The molecule has 0 atom stereocenters. The van der Waals surface area contributed by atoms with E-state index >= 15 is 0 Å². The van der Waals surface area contributed by atoms with Crippen LogP contribution >= 0.6 is 0 Å². The van der Waals surface area contributed by atoms with Gasteiger partial charge in [-0.3, -0.25) is 4.79 Å². The number of anilines is 1. The number of aromatic amines is 1. The van der Waals surface area contributed by atoms with Gasteiger partial charge in [0.15, 0.2) is 22.9 Å². The maximum absolute atomic E-state index is 14.2. The van der Waals surface area contributed by atoms with Crippen molar-refractivity contribution in [3.63, 3.8) is 0 Å². The highest BCUT2D eigenvalue weighted by molar-refractivity contribution is 5.91. The van der Waals surface area contributed by atoms with E-state index in [0.29, 0.717) is 39.9 Å². The van der Waals surface area contributed by atoms with Gasteiger partial charge in [0.2, 0.25) is 0 Å². The third kappa shape index (κ3) is 3.35. The van der Waals surface area contributed by atoms with Gasteiger partial charge in [0.1, 0.15) is 22.7 Å². The lowest BCUT2D eigenvalue weighted by molar-refractivity contribution is 0.589. The molecule has 4 heterocycles. The Morgan fingerprint density at radius 3 is 2.78 bits per heavy atom. The molecular weight excluding hydrogens is 411 g/mol. The number of nitrogens with zero attached hydrogens (tertiary/aromatic N) is 6. The van der Waals surface area contributed by atoms with E-state index in [9.17, 15) is 9.18 Å². The van der Waals surface area contributed by atoms with Crippen LogP contribution in [0.15, 0.2) is 47.4 Å². The molecule has 4 aromatic heterocycles. The number of rotatable bonds is 5. The number of aromatic nitrogens is 7. The third-order valence-electron chi connectivity index (χ3n) is 5.14. The van der Waals surface area contributed by atoms with Gasteiger partial charge >= 0.3 is 0 Å². The minimum absolute atomic E-state index is 0.138. The minimum Gasteiger partial charge on any atom is -0.382 e. The summed E-state index contributed by atoms with van der Waals surface area (Å²) in [4.78, 5) is 32.7. The molecule has 5 aromatic rings. The van der Waals surface area contributed by atoms with Gasteiger partial charge < -0.3 is 10.7 Å². The monoisotopic (exact) mass is 430 g/mol. The van der Waals surface area contributed by atoms with E-state index in [1.807, 2.05) is 13.0 Å². The van der Waals surface area contributed by atoms with Crippen LogP contribution in [0.25, 0.3) is 33.7 Å². The standard InChI is InChI=1S/C22H19FN8O/c1-2-6-15-22(32)29-20-17(26-15)18(24)27-19(28-20)16-13-8-5-10-25-21(13)31(30-16)11-12-7-3-4-9-14(12)23/h3-5,7-10H,2,6,11H2,1H3,(H3,24,27,28,29,32). The maximum Gasteiger partial charge on any atom is 0.271 e. The number of nitrogens with two attached hydrogens (primary N) is 1. The smallest absolute Gasteiger partial charge is 0.271 e.